The molecule has 3 aliphatic heterocycles. The van der Waals surface area contributed by atoms with E-state index in [2.05, 4.69) is 20.1 Å². The van der Waals surface area contributed by atoms with Crippen molar-refractivity contribution >= 4 is 40.9 Å². The van der Waals surface area contributed by atoms with Crippen molar-refractivity contribution in [3.8, 4) is 5.75 Å². The topological polar surface area (TPSA) is 90.4 Å². The number of likely N-dealkylation sites (tertiary alicyclic amines) is 1. The second-order valence-corrected chi connectivity index (χ2v) is 12.9. The fourth-order valence-electron chi connectivity index (χ4n) is 7.02. The number of fused-ring (bicyclic) bond motifs is 1. The van der Waals surface area contributed by atoms with E-state index in [-0.39, 0.29) is 37.4 Å². The Bertz CT molecular complexity index is 1330. The third-order valence-corrected chi connectivity index (χ3v) is 10.7. The van der Waals surface area contributed by atoms with Gasteiger partial charge in [-0.2, -0.15) is 0 Å². The van der Waals surface area contributed by atoms with Gasteiger partial charge < -0.3 is 24.5 Å². The third-order valence-electron chi connectivity index (χ3n) is 8.72. The first-order valence-corrected chi connectivity index (χ1v) is 14.7. The zero-order valence-electron chi connectivity index (χ0n) is 23.6. The monoisotopic (exact) mass is 575 g/mol. The minimum atomic E-state index is -0.830. The van der Waals surface area contributed by atoms with Gasteiger partial charge in [0.2, 0.25) is 11.8 Å². The molecule has 1 spiro atoms. The van der Waals surface area contributed by atoms with Crippen molar-refractivity contribution in [2.45, 2.75) is 35.3 Å². The lowest BCUT2D eigenvalue weighted by molar-refractivity contribution is -0.140. The lowest BCUT2D eigenvalue weighted by Crippen LogP contribution is -2.55. The second-order valence-electron chi connectivity index (χ2n) is 11.0. The number of aliphatic hydroxyl groups excluding tert-OH is 1. The fourth-order valence-corrected chi connectivity index (χ4v) is 9.36. The van der Waals surface area contributed by atoms with Gasteiger partial charge in [0.25, 0.3) is 5.91 Å². The average Bonchev–Trinajstić information content (AvgIpc) is 3.55. The molecule has 2 aromatic rings. The van der Waals surface area contributed by atoms with E-state index in [1.807, 2.05) is 42.5 Å². The van der Waals surface area contributed by atoms with Crippen LogP contribution in [-0.4, -0.2) is 76.6 Å². The van der Waals surface area contributed by atoms with Crippen LogP contribution in [0.4, 0.5) is 11.4 Å². The summed E-state index contributed by atoms with van der Waals surface area (Å²) in [6.07, 6.45) is 4.68. The molecule has 3 aliphatic rings. The van der Waals surface area contributed by atoms with Crippen molar-refractivity contribution in [3.05, 3.63) is 79.9 Å². The van der Waals surface area contributed by atoms with Crippen LogP contribution in [0.5, 0.6) is 5.75 Å². The maximum absolute atomic E-state index is 14.5. The highest BCUT2D eigenvalue weighted by atomic mass is 32.2. The molecule has 2 unspecified atom stereocenters. The predicted molar refractivity (Wildman–Crippen MR) is 162 cm³/mol. The first-order chi connectivity index (χ1) is 19.8. The van der Waals surface area contributed by atoms with Crippen molar-refractivity contribution in [3.63, 3.8) is 0 Å². The number of nitrogens with zero attached hydrogens (tertiary/aromatic N) is 3. The normalized spacial score (nSPS) is 27.8. The van der Waals surface area contributed by atoms with E-state index in [1.165, 1.54) is 4.90 Å². The highest BCUT2D eigenvalue weighted by Crippen LogP contribution is 2.71. The van der Waals surface area contributed by atoms with Crippen LogP contribution in [0, 0.1) is 11.8 Å². The molecule has 41 heavy (non-hydrogen) atoms. The summed E-state index contributed by atoms with van der Waals surface area (Å²) in [5.41, 5.74) is 1.40. The number of aliphatic hydroxyl groups is 1. The van der Waals surface area contributed by atoms with Crippen LogP contribution in [0.1, 0.15) is 19.8 Å². The Labute approximate surface area is 245 Å². The molecule has 2 aromatic carbocycles. The summed E-state index contributed by atoms with van der Waals surface area (Å²) in [6, 6.07) is 15.8. The maximum Gasteiger partial charge on any atom is 0.251 e. The number of benzene rings is 2. The summed E-state index contributed by atoms with van der Waals surface area (Å²) in [5, 5.41) is 9.98. The van der Waals surface area contributed by atoms with Gasteiger partial charge in [0.1, 0.15) is 11.8 Å². The van der Waals surface area contributed by atoms with Gasteiger partial charge in [0.15, 0.2) is 0 Å². The van der Waals surface area contributed by atoms with Gasteiger partial charge in [-0.3, -0.25) is 14.4 Å². The number of thioether (sulfide) groups is 1. The summed E-state index contributed by atoms with van der Waals surface area (Å²) in [4.78, 5) is 48.0. The van der Waals surface area contributed by atoms with Crippen molar-refractivity contribution in [2.24, 2.45) is 11.8 Å². The molecular formula is C32H37N3O5S. The van der Waals surface area contributed by atoms with E-state index in [0.717, 1.165) is 5.69 Å². The Morgan fingerprint density at radius 1 is 1.02 bits per heavy atom. The number of hydrogen-bond acceptors (Lipinski definition) is 6. The number of rotatable bonds is 11. The van der Waals surface area contributed by atoms with Crippen LogP contribution in [0.2, 0.25) is 0 Å². The Balaban J connectivity index is 1.57. The van der Waals surface area contributed by atoms with Crippen LogP contribution in [0.15, 0.2) is 79.9 Å². The molecule has 0 aliphatic carbocycles. The smallest absolute Gasteiger partial charge is 0.251 e. The van der Waals surface area contributed by atoms with Crippen molar-refractivity contribution < 1.29 is 24.2 Å². The number of carbonyl (C=O) groups is 3. The summed E-state index contributed by atoms with van der Waals surface area (Å²) >= 11 is 1.61. The van der Waals surface area contributed by atoms with Crippen LogP contribution >= 0.6 is 11.8 Å². The highest BCUT2D eigenvalue weighted by Gasteiger charge is 2.77. The lowest BCUT2D eigenvalue weighted by atomic mass is 9.66. The average molecular weight is 576 g/mol. The molecule has 5 rings (SSSR count). The number of ether oxygens (including phenoxy) is 1. The number of amides is 3. The molecule has 1 N–H and O–H groups in total. The Morgan fingerprint density at radius 3 is 2.22 bits per heavy atom. The molecule has 216 valence electrons. The molecule has 0 radical (unpaired) electrons. The van der Waals surface area contributed by atoms with Gasteiger partial charge in [-0.15, -0.1) is 24.9 Å². The van der Waals surface area contributed by atoms with Gasteiger partial charge in [-0.05, 0) is 56.2 Å². The summed E-state index contributed by atoms with van der Waals surface area (Å²) in [7, 11) is 1.58. The fraction of sp³-hybridized carbons (Fsp3) is 0.406. The quantitative estimate of drug-likeness (QED) is 0.409. The molecule has 2 bridgehead atoms. The molecule has 5 atom stereocenters. The van der Waals surface area contributed by atoms with Gasteiger partial charge >= 0.3 is 0 Å². The minimum Gasteiger partial charge on any atom is -0.497 e. The molecule has 3 heterocycles. The summed E-state index contributed by atoms with van der Waals surface area (Å²) in [5.74, 6) is -1.26. The van der Waals surface area contributed by atoms with E-state index in [4.69, 9.17) is 4.74 Å². The van der Waals surface area contributed by atoms with Crippen molar-refractivity contribution in [1.82, 2.24) is 4.90 Å². The number of para-hydroxylation sites is 1. The SMILES string of the molecule is C=CCN(C(=O)C1N(CCO)C(=O)[C@@H]2[C@@H](C(=O)N(CC=C)c3ccccc3)[C@@]3(C)CCC12S3)c1ccc(OC)cc1. The van der Waals surface area contributed by atoms with Crippen molar-refractivity contribution in [1.29, 1.82) is 0 Å². The molecule has 0 aromatic heterocycles. The molecule has 0 saturated carbocycles. The number of β-amino-alcohol motifs (C(OH)–C–C–N with tert-alkyl or cyclic N) is 1. The molecule has 8 nitrogen and oxygen atoms in total. The first kappa shape index (κ1) is 29.0. The number of hydrogen-bond donors (Lipinski definition) is 1. The van der Waals surface area contributed by atoms with Gasteiger partial charge in [-0.1, -0.05) is 30.4 Å². The van der Waals surface area contributed by atoms with E-state index in [9.17, 15) is 19.5 Å². The lowest BCUT2D eigenvalue weighted by Gasteiger charge is -2.38. The van der Waals surface area contributed by atoms with E-state index < -0.39 is 27.4 Å². The van der Waals surface area contributed by atoms with Gasteiger partial charge in [0, 0.05) is 35.8 Å². The van der Waals surface area contributed by atoms with Crippen LogP contribution < -0.4 is 14.5 Å². The molecule has 3 amide bonds. The summed E-state index contributed by atoms with van der Waals surface area (Å²) in [6.45, 7) is 10.1. The van der Waals surface area contributed by atoms with Crippen LogP contribution in [-0.2, 0) is 14.4 Å². The predicted octanol–water partition coefficient (Wildman–Crippen LogP) is 3.91. The van der Waals surface area contributed by atoms with Gasteiger partial charge in [-0.25, -0.2) is 0 Å². The molecule has 3 fully saturated rings. The number of anilines is 2. The Morgan fingerprint density at radius 2 is 1.63 bits per heavy atom. The molecule has 9 heteroatoms. The van der Waals surface area contributed by atoms with Crippen molar-refractivity contribution in [2.75, 3.05) is 43.2 Å². The minimum absolute atomic E-state index is 0.0191. The standard InChI is InChI=1S/C32H37N3O5S/c1-5-18-33(22-10-8-7-9-11-22)28(37)25-26-29(38)35(20-21-36)27(32(26)17-16-31(25,3)41-32)30(39)34(19-6-2)23-12-14-24(40-4)15-13-23/h5-15,25-27,36H,1-2,16-21H2,3-4H3/t25-,26-,27?,31+,32?/m0/s1. The zero-order valence-corrected chi connectivity index (χ0v) is 24.4. The second kappa shape index (κ2) is 11.4. The molecular weight excluding hydrogens is 538 g/mol. The Kier molecular flexibility index (Phi) is 8.03. The van der Waals surface area contributed by atoms with Crippen LogP contribution in [0.25, 0.3) is 0 Å². The number of carbonyl (C=O) groups excluding carboxylic acids is 3. The van der Waals surface area contributed by atoms with Gasteiger partial charge in [0.05, 0.1) is 30.3 Å². The molecule has 3 saturated heterocycles. The largest absolute Gasteiger partial charge is 0.497 e. The first-order valence-electron chi connectivity index (χ1n) is 13.9. The maximum atomic E-state index is 14.5. The third kappa shape index (κ3) is 4.65. The zero-order chi connectivity index (χ0) is 29.4. The van der Waals surface area contributed by atoms with E-state index >= 15 is 0 Å². The van der Waals surface area contributed by atoms with Crippen LogP contribution in [0.3, 0.4) is 0 Å². The van der Waals surface area contributed by atoms with E-state index in [1.54, 1.807) is 53.0 Å². The highest BCUT2D eigenvalue weighted by molar-refractivity contribution is 8.02. The number of methoxy groups -OCH3 is 1. The summed E-state index contributed by atoms with van der Waals surface area (Å²) < 4.78 is 3.99. The Hall–Kier alpha value is -3.56. The van der Waals surface area contributed by atoms with E-state index in [0.29, 0.717) is 30.8 Å².